The highest BCUT2D eigenvalue weighted by atomic mass is 16.4. The van der Waals surface area contributed by atoms with Crippen LogP contribution < -0.4 is 5.32 Å². The molecule has 1 aromatic heterocycles. The highest BCUT2D eigenvalue weighted by molar-refractivity contribution is 5.91. The van der Waals surface area contributed by atoms with E-state index < -0.39 is 18.0 Å². The average molecular weight is 293 g/mol. The zero-order chi connectivity index (χ0) is 15.6. The van der Waals surface area contributed by atoms with Crippen LogP contribution in [0.5, 0.6) is 0 Å². The Kier molecular flexibility index (Phi) is 4.35. The molecule has 2 atom stereocenters. The molecular formula is C13H19N5O3. The number of nitrogens with one attached hydrogen (secondary N) is 1. The minimum Gasteiger partial charge on any atom is -0.480 e. The molecule has 0 aromatic carbocycles. The van der Waals surface area contributed by atoms with Gasteiger partial charge in [0.2, 0.25) is 0 Å². The number of carbonyl (C=O) groups excluding carboxylic acids is 1. The lowest BCUT2D eigenvalue weighted by Crippen LogP contribution is -2.51. The molecule has 8 heteroatoms. The van der Waals surface area contributed by atoms with E-state index in [-0.39, 0.29) is 11.9 Å². The molecule has 2 rings (SSSR count). The largest absolute Gasteiger partial charge is 0.480 e. The predicted molar refractivity (Wildman–Crippen MR) is 74.8 cm³/mol. The molecule has 0 aliphatic carbocycles. The molecule has 114 valence electrons. The number of likely N-dealkylation sites (tertiary alicyclic amines) is 1. The Morgan fingerprint density at radius 1 is 1.29 bits per heavy atom. The molecular weight excluding hydrogens is 274 g/mol. The van der Waals surface area contributed by atoms with Crippen molar-refractivity contribution in [2.75, 3.05) is 11.9 Å². The van der Waals surface area contributed by atoms with Gasteiger partial charge in [-0.25, -0.2) is 14.6 Å². The first-order valence-electron chi connectivity index (χ1n) is 6.87. The van der Waals surface area contributed by atoms with Gasteiger partial charge < -0.3 is 10.0 Å². The predicted octanol–water partition coefficient (Wildman–Crippen LogP) is 1.21. The molecule has 1 aromatic rings. The number of amides is 2. The summed E-state index contributed by atoms with van der Waals surface area (Å²) in [7, 11) is 0. The van der Waals surface area contributed by atoms with E-state index in [4.69, 9.17) is 0 Å². The van der Waals surface area contributed by atoms with E-state index in [1.807, 2.05) is 6.92 Å². The molecule has 1 aliphatic heterocycles. The van der Waals surface area contributed by atoms with Gasteiger partial charge in [0.1, 0.15) is 6.04 Å². The van der Waals surface area contributed by atoms with E-state index in [0.29, 0.717) is 24.4 Å². The molecule has 1 saturated heterocycles. The summed E-state index contributed by atoms with van der Waals surface area (Å²) in [5.41, 5.74) is 1.35. The lowest BCUT2D eigenvalue weighted by molar-refractivity contribution is -0.143. The number of aliphatic carboxylic acids is 1. The molecule has 2 N–H and O–H groups in total. The monoisotopic (exact) mass is 293 g/mol. The van der Waals surface area contributed by atoms with Crippen LogP contribution in [0.25, 0.3) is 0 Å². The molecule has 0 bridgehead atoms. The maximum atomic E-state index is 12.2. The molecule has 1 fully saturated rings. The Morgan fingerprint density at radius 3 is 2.62 bits per heavy atom. The first-order valence-corrected chi connectivity index (χ1v) is 6.87. The summed E-state index contributed by atoms with van der Waals surface area (Å²) in [6.07, 6.45) is 1.23. The molecule has 2 amide bonds. The molecule has 0 spiro atoms. The fourth-order valence-electron chi connectivity index (χ4n) is 2.30. The number of nitrogens with zero attached hydrogens (tertiary/aromatic N) is 4. The first kappa shape index (κ1) is 15.1. The van der Waals surface area contributed by atoms with Crippen LogP contribution in [0.15, 0.2) is 0 Å². The van der Waals surface area contributed by atoms with Gasteiger partial charge in [0.15, 0.2) is 0 Å². The smallest absolute Gasteiger partial charge is 0.326 e. The van der Waals surface area contributed by atoms with Crippen LogP contribution in [0.4, 0.5) is 10.7 Å². The van der Waals surface area contributed by atoms with Gasteiger partial charge in [-0.3, -0.25) is 5.32 Å². The van der Waals surface area contributed by atoms with E-state index >= 15 is 0 Å². The summed E-state index contributed by atoms with van der Waals surface area (Å²) in [5.74, 6) is -0.614. The Bertz CT molecular complexity index is 563. The van der Waals surface area contributed by atoms with E-state index in [9.17, 15) is 14.7 Å². The van der Waals surface area contributed by atoms with Gasteiger partial charge in [-0.2, -0.15) is 5.10 Å². The number of hydrogen-bond acceptors (Lipinski definition) is 5. The van der Waals surface area contributed by atoms with Gasteiger partial charge in [0, 0.05) is 6.54 Å². The number of urea groups is 1. The SMILES string of the molecule is Cc1nnc(NC(=O)N2CCC(C)CC2C(=O)O)nc1C. The number of carboxylic acid groups (broad SMARTS) is 1. The average Bonchev–Trinajstić information content (AvgIpc) is 2.42. The van der Waals surface area contributed by atoms with Gasteiger partial charge in [-0.1, -0.05) is 6.92 Å². The summed E-state index contributed by atoms with van der Waals surface area (Å²) in [6.45, 7) is 5.93. The van der Waals surface area contributed by atoms with Crippen LogP contribution in [0.2, 0.25) is 0 Å². The van der Waals surface area contributed by atoms with Crippen LogP contribution in [0.1, 0.15) is 31.2 Å². The number of aryl methyl sites for hydroxylation is 2. The number of anilines is 1. The quantitative estimate of drug-likeness (QED) is 0.848. The van der Waals surface area contributed by atoms with Crippen LogP contribution >= 0.6 is 0 Å². The molecule has 1 aliphatic rings. The molecule has 2 heterocycles. The molecule has 0 saturated carbocycles. The van der Waals surface area contributed by atoms with Crippen LogP contribution in [-0.4, -0.2) is 49.8 Å². The van der Waals surface area contributed by atoms with E-state index in [1.54, 1.807) is 13.8 Å². The molecule has 0 radical (unpaired) electrons. The second kappa shape index (κ2) is 6.02. The molecule has 8 nitrogen and oxygen atoms in total. The minimum absolute atomic E-state index is 0.0888. The Hall–Kier alpha value is -2.25. The van der Waals surface area contributed by atoms with E-state index in [2.05, 4.69) is 20.5 Å². The summed E-state index contributed by atoms with van der Waals surface area (Å²) >= 11 is 0. The fraction of sp³-hybridized carbons (Fsp3) is 0.615. The van der Waals surface area contributed by atoms with Crippen molar-refractivity contribution >= 4 is 17.9 Å². The van der Waals surface area contributed by atoms with Crippen molar-refractivity contribution in [2.24, 2.45) is 5.92 Å². The Morgan fingerprint density at radius 2 is 2.00 bits per heavy atom. The highest BCUT2D eigenvalue weighted by Crippen LogP contribution is 2.23. The molecule has 2 unspecified atom stereocenters. The number of aromatic nitrogens is 3. The van der Waals surface area contributed by atoms with Crippen LogP contribution in [0, 0.1) is 19.8 Å². The van der Waals surface area contributed by atoms with Crippen LogP contribution in [0.3, 0.4) is 0 Å². The van der Waals surface area contributed by atoms with Crippen LogP contribution in [-0.2, 0) is 4.79 Å². The zero-order valence-corrected chi connectivity index (χ0v) is 12.3. The van der Waals surface area contributed by atoms with Gasteiger partial charge in [0.05, 0.1) is 11.4 Å². The molecule has 21 heavy (non-hydrogen) atoms. The van der Waals surface area contributed by atoms with Gasteiger partial charge in [0.25, 0.3) is 5.95 Å². The fourth-order valence-corrected chi connectivity index (χ4v) is 2.30. The van der Waals surface area contributed by atoms with E-state index in [0.717, 1.165) is 6.42 Å². The number of hydrogen-bond donors (Lipinski definition) is 2. The minimum atomic E-state index is -0.990. The maximum absolute atomic E-state index is 12.2. The Balaban J connectivity index is 2.10. The first-order chi connectivity index (χ1) is 9.88. The second-order valence-electron chi connectivity index (χ2n) is 5.41. The van der Waals surface area contributed by atoms with Crippen molar-refractivity contribution in [1.29, 1.82) is 0 Å². The summed E-state index contributed by atoms with van der Waals surface area (Å²) in [6, 6.07) is -1.31. The maximum Gasteiger partial charge on any atom is 0.326 e. The normalized spacial score (nSPS) is 22.0. The van der Waals surface area contributed by atoms with Crippen molar-refractivity contribution in [3.63, 3.8) is 0 Å². The third-order valence-corrected chi connectivity index (χ3v) is 3.72. The standard InChI is InChI=1S/C13H19N5O3/c1-7-4-5-18(10(6-7)11(19)20)13(21)15-12-14-8(2)9(3)16-17-12/h7,10H,4-6H2,1-3H3,(H,19,20)(H,14,15,17,21). The van der Waals surface area contributed by atoms with Crippen molar-refractivity contribution in [3.8, 4) is 0 Å². The third-order valence-electron chi connectivity index (χ3n) is 3.72. The van der Waals surface area contributed by atoms with E-state index in [1.165, 1.54) is 4.90 Å². The third kappa shape index (κ3) is 3.45. The Labute approximate surface area is 122 Å². The number of carboxylic acids is 1. The highest BCUT2D eigenvalue weighted by Gasteiger charge is 2.35. The number of piperidine rings is 1. The summed E-state index contributed by atoms with van der Waals surface area (Å²) in [4.78, 5) is 29.0. The van der Waals surface area contributed by atoms with Crippen molar-refractivity contribution in [2.45, 2.75) is 39.7 Å². The number of rotatable bonds is 2. The van der Waals surface area contributed by atoms with Gasteiger partial charge >= 0.3 is 12.0 Å². The summed E-state index contributed by atoms with van der Waals surface area (Å²) < 4.78 is 0. The summed E-state index contributed by atoms with van der Waals surface area (Å²) in [5, 5.41) is 19.4. The van der Waals surface area contributed by atoms with Crippen molar-refractivity contribution in [1.82, 2.24) is 20.1 Å². The number of carbonyl (C=O) groups is 2. The van der Waals surface area contributed by atoms with Gasteiger partial charge in [-0.15, -0.1) is 5.10 Å². The zero-order valence-electron chi connectivity index (χ0n) is 12.3. The van der Waals surface area contributed by atoms with Crippen molar-refractivity contribution < 1.29 is 14.7 Å². The lowest BCUT2D eigenvalue weighted by atomic mass is 9.93. The topological polar surface area (TPSA) is 108 Å². The van der Waals surface area contributed by atoms with Gasteiger partial charge in [-0.05, 0) is 32.6 Å². The second-order valence-corrected chi connectivity index (χ2v) is 5.41. The lowest BCUT2D eigenvalue weighted by Gasteiger charge is -2.35. The van der Waals surface area contributed by atoms with Crippen molar-refractivity contribution in [3.05, 3.63) is 11.4 Å².